The van der Waals surface area contributed by atoms with Gasteiger partial charge in [-0.2, -0.15) is 0 Å². The lowest BCUT2D eigenvalue weighted by Gasteiger charge is -2.07. The molecule has 1 aromatic carbocycles. The molecule has 0 unspecified atom stereocenters. The summed E-state index contributed by atoms with van der Waals surface area (Å²) in [4.78, 5) is 4.19. The Kier molecular flexibility index (Phi) is 3.94. The summed E-state index contributed by atoms with van der Waals surface area (Å²) >= 11 is 3.19. The van der Waals surface area contributed by atoms with Crippen molar-refractivity contribution in [1.29, 1.82) is 0 Å². The van der Waals surface area contributed by atoms with Crippen molar-refractivity contribution in [1.82, 2.24) is 9.55 Å². The highest BCUT2D eigenvalue weighted by Gasteiger charge is 2.20. The topological polar surface area (TPSA) is 53.1 Å². The van der Waals surface area contributed by atoms with Crippen LogP contribution in [-0.4, -0.2) is 22.8 Å². The molecule has 0 spiro atoms. The Labute approximate surface area is 125 Å². The Bertz CT molecular complexity index is 624. The fourth-order valence-corrected chi connectivity index (χ4v) is 2.56. The molecule has 3 rings (SSSR count). The van der Waals surface area contributed by atoms with Crippen LogP contribution in [0.1, 0.15) is 19.3 Å². The highest BCUT2D eigenvalue weighted by Crippen LogP contribution is 2.29. The summed E-state index contributed by atoms with van der Waals surface area (Å²) in [5.74, 6) is 0.877. The minimum atomic E-state index is -0.324. The van der Waals surface area contributed by atoms with Crippen LogP contribution >= 0.6 is 15.9 Å². The lowest BCUT2D eigenvalue weighted by molar-refractivity contribution is 0.119. The van der Waals surface area contributed by atoms with Crippen LogP contribution < -0.4 is 5.73 Å². The highest BCUT2D eigenvalue weighted by atomic mass is 79.9. The first-order valence-corrected chi connectivity index (χ1v) is 7.63. The number of rotatable bonds is 6. The number of aryl methyl sites for hydroxylation is 1. The zero-order valence-electron chi connectivity index (χ0n) is 11.1. The summed E-state index contributed by atoms with van der Waals surface area (Å²) in [6.07, 6.45) is 3.48. The van der Waals surface area contributed by atoms with Crippen LogP contribution in [0.2, 0.25) is 0 Å². The third-order valence-electron chi connectivity index (χ3n) is 3.54. The van der Waals surface area contributed by atoms with Crippen LogP contribution in [0, 0.1) is 11.7 Å². The molecule has 0 aliphatic heterocycles. The number of aromatic nitrogens is 2. The number of hydrogen-bond acceptors (Lipinski definition) is 3. The first-order valence-electron chi connectivity index (χ1n) is 6.83. The third-order valence-corrected chi connectivity index (χ3v) is 4.15. The Morgan fingerprint density at radius 1 is 1.45 bits per heavy atom. The van der Waals surface area contributed by atoms with Gasteiger partial charge in [0, 0.05) is 25.8 Å². The molecule has 1 fully saturated rings. The second-order valence-corrected chi connectivity index (χ2v) is 6.10. The Hall–Kier alpha value is -1.14. The van der Waals surface area contributed by atoms with Gasteiger partial charge < -0.3 is 15.0 Å². The molecule has 1 aliphatic carbocycles. The molecule has 0 radical (unpaired) electrons. The number of nitrogens with zero attached hydrogens (tertiary/aromatic N) is 2. The van der Waals surface area contributed by atoms with Crippen LogP contribution in [0.15, 0.2) is 16.6 Å². The van der Waals surface area contributed by atoms with Crippen LogP contribution in [0.3, 0.4) is 0 Å². The predicted octanol–water partition coefficient (Wildman–Crippen LogP) is 3.34. The molecule has 1 saturated carbocycles. The summed E-state index contributed by atoms with van der Waals surface area (Å²) in [5.41, 5.74) is 7.33. The number of halogens is 2. The number of imidazole rings is 1. The molecule has 0 saturated heterocycles. The van der Waals surface area contributed by atoms with Crippen LogP contribution in [0.5, 0.6) is 0 Å². The van der Waals surface area contributed by atoms with Crippen molar-refractivity contribution in [2.75, 3.05) is 18.9 Å². The molecule has 4 nitrogen and oxygen atoms in total. The summed E-state index contributed by atoms with van der Waals surface area (Å²) in [7, 11) is 0. The molecule has 0 bridgehead atoms. The molecule has 0 amide bonds. The Morgan fingerprint density at radius 2 is 2.25 bits per heavy atom. The van der Waals surface area contributed by atoms with Crippen LogP contribution in [-0.2, 0) is 11.3 Å². The van der Waals surface area contributed by atoms with E-state index in [1.54, 1.807) is 6.07 Å². The van der Waals surface area contributed by atoms with Gasteiger partial charge in [-0.05, 0) is 47.2 Å². The van der Waals surface area contributed by atoms with E-state index in [0.29, 0.717) is 15.9 Å². The largest absolute Gasteiger partial charge is 0.381 e. The average Bonchev–Trinajstić information content (AvgIpc) is 3.17. The van der Waals surface area contributed by atoms with Gasteiger partial charge in [0.1, 0.15) is 5.82 Å². The summed E-state index contributed by atoms with van der Waals surface area (Å²) in [6.45, 7) is 2.32. The number of benzene rings is 1. The van der Waals surface area contributed by atoms with Gasteiger partial charge >= 0.3 is 0 Å². The standard InChI is InChI=1S/C14H17BrFN3O/c15-10-6-13-12(7-11(10)16)18-14(17)19(13)4-1-5-20-8-9-2-3-9/h6-7,9H,1-5,8H2,(H2,17,18). The molecule has 2 N–H and O–H groups in total. The zero-order chi connectivity index (χ0) is 14.1. The van der Waals surface area contributed by atoms with E-state index in [4.69, 9.17) is 10.5 Å². The smallest absolute Gasteiger partial charge is 0.201 e. The minimum absolute atomic E-state index is 0.324. The van der Waals surface area contributed by atoms with E-state index in [0.717, 1.165) is 37.6 Å². The van der Waals surface area contributed by atoms with Crippen molar-refractivity contribution in [2.24, 2.45) is 5.92 Å². The van der Waals surface area contributed by atoms with Crippen molar-refractivity contribution < 1.29 is 9.13 Å². The maximum absolute atomic E-state index is 13.5. The number of ether oxygens (including phenoxy) is 1. The molecular weight excluding hydrogens is 325 g/mol. The summed E-state index contributed by atoms with van der Waals surface area (Å²) < 4.78 is 21.4. The van der Waals surface area contributed by atoms with E-state index in [1.807, 2.05) is 4.57 Å². The number of hydrogen-bond donors (Lipinski definition) is 1. The van der Waals surface area contributed by atoms with Gasteiger partial charge in [-0.25, -0.2) is 9.37 Å². The Morgan fingerprint density at radius 3 is 3.00 bits per heavy atom. The molecule has 20 heavy (non-hydrogen) atoms. The summed E-state index contributed by atoms with van der Waals surface area (Å²) in [5, 5.41) is 0. The maximum atomic E-state index is 13.5. The van der Waals surface area contributed by atoms with E-state index in [1.165, 1.54) is 18.9 Å². The monoisotopic (exact) mass is 341 g/mol. The molecular formula is C14H17BrFN3O. The molecule has 1 aliphatic rings. The molecule has 1 heterocycles. The van der Waals surface area contributed by atoms with E-state index in [9.17, 15) is 4.39 Å². The van der Waals surface area contributed by atoms with Gasteiger partial charge in [-0.15, -0.1) is 0 Å². The molecule has 2 aromatic rings. The van der Waals surface area contributed by atoms with Crippen molar-refractivity contribution in [3.63, 3.8) is 0 Å². The number of nitrogen functional groups attached to an aromatic ring is 1. The van der Waals surface area contributed by atoms with Crippen LogP contribution in [0.4, 0.5) is 10.3 Å². The van der Waals surface area contributed by atoms with Crippen LogP contribution in [0.25, 0.3) is 11.0 Å². The predicted molar refractivity (Wildman–Crippen MR) is 80.0 cm³/mol. The van der Waals surface area contributed by atoms with Crippen molar-refractivity contribution in [2.45, 2.75) is 25.8 Å². The first kappa shape index (κ1) is 13.8. The second-order valence-electron chi connectivity index (χ2n) is 5.25. The lowest BCUT2D eigenvalue weighted by Crippen LogP contribution is -2.07. The van der Waals surface area contributed by atoms with Gasteiger partial charge in [0.2, 0.25) is 5.95 Å². The van der Waals surface area contributed by atoms with E-state index >= 15 is 0 Å². The van der Waals surface area contributed by atoms with Gasteiger partial charge in [-0.1, -0.05) is 0 Å². The van der Waals surface area contributed by atoms with Gasteiger partial charge in [0.15, 0.2) is 0 Å². The van der Waals surface area contributed by atoms with E-state index < -0.39 is 0 Å². The lowest BCUT2D eigenvalue weighted by atomic mass is 10.3. The molecule has 0 atom stereocenters. The third kappa shape index (κ3) is 2.96. The number of anilines is 1. The average molecular weight is 342 g/mol. The molecule has 108 valence electrons. The number of nitrogens with two attached hydrogens (primary N) is 1. The van der Waals surface area contributed by atoms with Gasteiger partial charge in [0.05, 0.1) is 15.5 Å². The van der Waals surface area contributed by atoms with Crippen molar-refractivity contribution in [3.8, 4) is 0 Å². The molecule has 6 heteroatoms. The highest BCUT2D eigenvalue weighted by molar-refractivity contribution is 9.10. The SMILES string of the molecule is Nc1nc2cc(F)c(Br)cc2n1CCCOCC1CC1. The molecule has 1 aromatic heterocycles. The fraction of sp³-hybridized carbons (Fsp3) is 0.500. The fourth-order valence-electron chi connectivity index (χ4n) is 2.23. The van der Waals surface area contributed by atoms with Gasteiger partial charge in [-0.3, -0.25) is 0 Å². The number of fused-ring (bicyclic) bond motifs is 1. The minimum Gasteiger partial charge on any atom is -0.381 e. The Balaban J connectivity index is 1.66. The van der Waals surface area contributed by atoms with E-state index in [2.05, 4.69) is 20.9 Å². The second kappa shape index (κ2) is 5.69. The van der Waals surface area contributed by atoms with Crippen molar-refractivity contribution in [3.05, 3.63) is 22.4 Å². The van der Waals surface area contributed by atoms with E-state index in [-0.39, 0.29) is 5.82 Å². The van der Waals surface area contributed by atoms with Crippen molar-refractivity contribution >= 4 is 32.9 Å². The normalized spacial score (nSPS) is 15.1. The summed E-state index contributed by atoms with van der Waals surface area (Å²) in [6, 6.07) is 3.12. The first-order chi connectivity index (χ1) is 9.65. The zero-order valence-corrected chi connectivity index (χ0v) is 12.7. The maximum Gasteiger partial charge on any atom is 0.201 e. The van der Waals surface area contributed by atoms with Gasteiger partial charge in [0.25, 0.3) is 0 Å². The quantitative estimate of drug-likeness (QED) is 0.820.